The number of carbonyl (C=O) groups is 1. The van der Waals surface area contributed by atoms with E-state index in [2.05, 4.69) is 36.4 Å². The first kappa shape index (κ1) is 14.5. The van der Waals surface area contributed by atoms with Gasteiger partial charge in [0.2, 0.25) is 0 Å². The summed E-state index contributed by atoms with van der Waals surface area (Å²) in [5.74, 6) is 0.679. The monoisotopic (exact) mass is 249 g/mol. The molecule has 4 nitrogen and oxygen atoms in total. The normalized spacial score (nSPS) is 11.2. The van der Waals surface area contributed by atoms with Crippen LogP contribution < -0.4 is 10.6 Å². The van der Waals surface area contributed by atoms with Crippen molar-refractivity contribution in [2.45, 2.75) is 46.1 Å². The van der Waals surface area contributed by atoms with Gasteiger partial charge in [0, 0.05) is 23.8 Å². The molecule has 0 saturated carbocycles. The Bertz CT molecular complexity index is 425. The molecule has 0 aromatic carbocycles. The molecule has 0 bridgehead atoms. The van der Waals surface area contributed by atoms with E-state index in [1.54, 1.807) is 13.1 Å². The summed E-state index contributed by atoms with van der Waals surface area (Å²) in [5, 5.41) is 6.06. The van der Waals surface area contributed by atoms with Crippen LogP contribution in [0.15, 0.2) is 12.1 Å². The van der Waals surface area contributed by atoms with E-state index in [4.69, 9.17) is 0 Å². The van der Waals surface area contributed by atoms with Gasteiger partial charge in [-0.15, -0.1) is 0 Å². The topological polar surface area (TPSA) is 54.0 Å². The van der Waals surface area contributed by atoms with E-state index >= 15 is 0 Å². The van der Waals surface area contributed by atoms with Crippen LogP contribution in [0.3, 0.4) is 0 Å². The summed E-state index contributed by atoms with van der Waals surface area (Å²) in [6.45, 7) is 8.12. The highest BCUT2D eigenvalue weighted by Gasteiger charge is 2.22. The highest BCUT2D eigenvalue weighted by Crippen LogP contribution is 2.16. The third kappa shape index (κ3) is 3.45. The molecule has 0 atom stereocenters. The molecule has 1 rings (SSSR count). The van der Waals surface area contributed by atoms with Crippen molar-refractivity contribution in [3.63, 3.8) is 0 Å². The summed E-state index contributed by atoms with van der Waals surface area (Å²) in [6.07, 6.45) is 1.83. The van der Waals surface area contributed by atoms with Crippen LogP contribution in [0, 0.1) is 6.92 Å². The Morgan fingerprint density at radius 2 is 1.94 bits per heavy atom. The van der Waals surface area contributed by atoms with E-state index in [1.165, 1.54) is 0 Å². The van der Waals surface area contributed by atoms with Crippen LogP contribution in [0.1, 0.15) is 49.7 Å². The molecule has 18 heavy (non-hydrogen) atoms. The van der Waals surface area contributed by atoms with Crippen molar-refractivity contribution in [3.05, 3.63) is 23.4 Å². The van der Waals surface area contributed by atoms with Crippen LogP contribution in [-0.2, 0) is 0 Å². The molecule has 4 heteroatoms. The van der Waals surface area contributed by atoms with Gasteiger partial charge in [0.15, 0.2) is 0 Å². The van der Waals surface area contributed by atoms with E-state index in [9.17, 15) is 4.79 Å². The van der Waals surface area contributed by atoms with Crippen molar-refractivity contribution >= 4 is 11.7 Å². The molecule has 100 valence electrons. The van der Waals surface area contributed by atoms with Gasteiger partial charge in [-0.2, -0.15) is 0 Å². The molecule has 0 aliphatic carbocycles. The number of aryl methyl sites for hydroxylation is 1. The minimum atomic E-state index is -0.145. The highest BCUT2D eigenvalue weighted by atomic mass is 16.1. The minimum absolute atomic E-state index is 0.0387. The average Bonchev–Trinajstić information content (AvgIpc) is 2.37. The van der Waals surface area contributed by atoms with Crippen LogP contribution in [0.5, 0.6) is 0 Å². The Labute approximate surface area is 109 Å². The van der Waals surface area contributed by atoms with E-state index in [1.807, 2.05) is 13.0 Å². The van der Waals surface area contributed by atoms with Gasteiger partial charge in [-0.1, -0.05) is 13.8 Å². The van der Waals surface area contributed by atoms with Gasteiger partial charge in [-0.25, -0.2) is 4.98 Å². The second-order valence-corrected chi connectivity index (χ2v) is 4.85. The summed E-state index contributed by atoms with van der Waals surface area (Å²) in [7, 11) is 1.80. The maximum absolute atomic E-state index is 12.2. The molecule has 0 aliphatic heterocycles. The molecule has 0 unspecified atom stereocenters. The van der Waals surface area contributed by atoms with Crippen molar-refractivity contribution in [2.24, 2.45) is 0 Å². The van der Waals surface area contributed by atoms with Crippen LogP contribution in [0.4, 0.5) is 5.82 Å². The zero-order valence-electron chi connectivity index (χ0n) is 11.9. The summed E-state index contributed by atoms with van der Waals surface area (Å²) in [5.41, 5.74) is 1.34. The maximum atomic E-state index is 12.2. The van der Waals surface area contributed by atoms with Crippen molar-refractivity contribution in [2.75, 3.05) is 12.4 Å². The fourth-order valence-corrected chi connectivity index (χ4v) is 1.70. The number of anilines is 1. The van der Waals surface area contributed by atoms with Gasteiger partial charge in [0.1, 0.15) is 5.82 Å². The second kappa shape index (κ2) is 5.85. The number of nitrogens with zero attached hydrogens (tertiary/aromatic N) is 1. The Hall–Kier alpha value is -1.58. The quantitative estimate of drug-likeness (QED) is 0.843. The standard InChI is InChI=1S/C14H23N3O/c1-6-14(4,7-2)17-13(18)11-8-10(3)16-12(9-11)15-5/h8-9H,6-7H2,1-5H3,(H,15,16)(H,17,18). The molecular weight excluding hydrogens is 226 g/mol. The first-order valence-electron chi connectivity index (χ1n) is 6.43. The lowest BCUT2D eigenvalue weighted by molar-refractivity contribution is 0.0901. The Morgan fingerprint density at radius 3 is 2.44 bits per heavy atom. The van der Waals surface area contributed by atoms with Crippen molar-refractivity contribution in [3.8, 4) is 0 Å². The number of amides is 1. The zero-order valence-corrected chi connectivity index (χ0v) is 11.9. The molecule has 0 fully saturated rings. The molecule has 2 N–H and O–H groups in total. The molecule has 1 aromatic heterocycles. The molecular formula is C14H23N3O. The Balaban J connectivity index is 2.94. The number of hydrogen-bond acceptors (Lipinski definition) is 3. The molecule has 1 aromatic rings. The highest BCUT2D eigenvalue weighted by molar-refractivity contribution is 5.95. The first-order chi connectivity index (χ1) is 8.44. The van der Waals surface area contributed by atoms with E-state index in [0.717, 1.165) is 24.4 Å². The number of carbonyl (C=O) groups excluding carboxylic acids is 1. The summed E-state index contributed by atoms with van der Waals surface area (Å²) in [6, 6.07) is 3.58. The number of nitrogens with one attached hydrogen (secondary N) is 2. The van der Waals surface area contributed by atoms with Gasteiger partial charge in [0.05, 0.1) is 0 Å². The van der Waals surface area contributed by atoms with Crippen molar-refractivity contribution < 1.29 is 4.79 Å². The average molecular weight is 249 g/mol. The number of pyridine rings is 1. The van der Waals surface area contributed by atoms with E-state index in [0.29, 0.717) is 5.56 Å². The first-order valence-corrected chi connectivity index (χ1v) is 6.43. The third-order valence-electron chi connectivity index (χ3n) is 3.45. The second-order valence-electron chi connectivity index (χ2n) is 4.85. The summed E-state index contributed by atoms with van der Waals surface area (Å²) >= 11 is 0. The summed E-state index contributed by atoms with van der Waals surface area (Å²) in [4.78, 5) is 16.5. The smallest absolute Gasteiger partial charge is 0.251 e. The zero-order chi connectivity index (χ0) is 13.8. The van der Waals surface area contributed by atoms with E-state index < -0.39 is 0 Å². The Morgan fingerprint density at radius 1 is 1.33 bits per heavy atom. The summed E-state index contributed by atoms with van der Waals surface area (Å²) < 4.78 is 0. The Kier molecular flexibility index (Phi) is 4.70. The lowest BCUT2D eigenvalue weighted by Crippen LogP contribution is -2.45. The molecule has 0 spiro atoms. The number of rotatable bonds is 5. The van der Waals surface area contributed by atoms with Crippen LogP contribution in [-0.4, -0.2) is 23.5 Å². The van der Waals surface area contributed by atoms with Crippen LogP contribution in [0.2, 0.25) is 0 Å². The van der Waals surface area contributed by atoms with E-state index in [-0.39, 0.29) is 11.4 Å². The predicted octanol–water partition coefficient (Wildman–Crippen LogP) is 2.74. The van der Waals surface area contributed by atoms with Gasteiger partial charge >= 0.3 is 0 Å². The van der Waals surface area contributed by atoms with Crippen LogP contribution in [0.25, 0.3) is 0 Å². The van der Waals surface area contributed by atoms with Crippen LogP contribution >= 0.6 is 0 Å². The molecule has 0 aliphatic rings. The molecule has 1 heterocycles. The van der Waals surface area contributed by atoms with Gasteiger partial charge in [0.25, 0.3) is 5.91 Å². The molecule has 0 saturated heterocycles. The van der Waals surface area contributed by atoms with Gasteiger partial charge in [-0.05, 0) is 38.8 Å². The maximum Gasteiger partial charge on any atom is 0.251 e. The number of aromatic nitrogens is 1. The fourth-order valence-electron chi connectivity index (χ4n) is 1.70. The fraction of sp³-hybridized carbons (Fsp3) is 0.571. The largest absolute Gasteiger partial charge is 0.373 e. The van der Waals surface area contributed by atoms with Crippen molar-refractivity contribution in [1.29, 1.82) is 0 Å². The number of hydrogen-bond donors (Lipinski definition) is 2. The molecule has 0 radical (unpaired) electrons. The SMILES string of the molecule is CCC(C)(CC)NC(=O)c1cc(C)nc(NC)c1. The lowest BCUT2D eigenvalue weighted by Gasteiger charge is -2.28. The third-order valence-corrected chi connectivity index (χ3v) is 3.45. The van der Waals surface area contributed by atoms with Crippen molar-refractivity contribution in [1.82, 2.24) is 10.3 Å². The van der Waals surface area contributed by atoms with Gasteiger partial charge in [-0.3, -0.25) is 4.79 Å². The lowest BCUT2D eigenvalue weighted by atomic mass is 9.95. The molecule has 1 amide bonds. The van der Waals surface area contributed by atoms with Gasteiger partial charge < -0.3 is 10.6 Å². The predicted molar refractivity (Wildman–Crippen MR) is 75.0 cm³/mol. The minimum Gasteiger partial charge on any atom is -0.373 e.